The number of hydrogen-bond acceptors (Lipinski definition) is 6. The fraction of sp³-hybridized carbons (Fsp3) is 0.280. The molecular weight excluding hydrogens is 468 g/mol. The highest BCUT2D eigenvalue weighted by atomic mass is 32.2. The molecule has 35 heavy (non-hydrogen) atoms. The second-order valence-corrected chi connectivity index (χ2v) is 9.12. The van der Waals surface area contributed by atoms with Crippen molar-refractivity contribution in [1.29, 1.82) is 0 Å². The van der Waals surface area contributed by atoms with E-state index in [9.17, 15) is 14.4 Å². The maximum absolute atomic E-state index is 12.5. The largest absolute Gasteiger partial charge is 0.481 e. The maximum atomic E-state index is 12.5. The number of hydrogen-bond donors (Lipinski definition) is 3. The number of benzene rings is 2. The van der Waals surface area contributed by atoms with Crippen LogP contribution in [-0.4, -0.2) is 57.5 Å². The van der Waals surface area contributed by atoms with Crippen molar-refractivity contribution in [3.05, 3.63) is 77.1 Å². The van der Waals surface area contributed by atoms with E-state index >= 15 is 0 Å². The van der Waals surface area contributed by atoms with Crippen molar-refractivity contribution in [1.82, 2.24) is 20.4 Å². The van der Waals surface area contributed by atoms with Gasteiger partial charge in [-0.2, -0.15) is 5.10 Å². The molecule has 9 nitrogen and oxygen atoms in total. The summed E-state index contributed by atoms with van der Waals surface area (Å²) in [5.41, 5.74) is 5.46. The number of carbonyl (C=O) groups is 3. The van der Waals surface area contributed by atoms with Crippen molar-refractivity contribution in [2.24, 2.45) is 7.05 Å². The Morgan fingerprint density at radius 1 is 1.06 bits per heavy atom. The Morgan fingerprint density at radius 3 is 2.37 bits per heavy atom. The first kappa shape index (κ1) is 24.3. The first-order valence-corrected chi connectivity index (χ1v) is 12.3. The molecule has 2 aromatic carbocycles. The van der Waals surface area contributed by atoms with E-state index in [2.05, 4.69) is 40.0 Å². The third-order valence-electron chi connectivity index (χ3n) is 5.81. The standard InChI is InChI=1S/C25H26N4O5S/c1-29-22(20(12-28-29)24(32)26-10-11-35-15-23(30)31)13-27-25(33)34-14-21-18-8-4-2-6-16(18)17-7-3-5-9-19(17)21/h2-9,12,21H,10-11,13-15H2,1H3,(H,26,32)(H,27,33)(H,30,31). The van der Waals surface area contributed by atoms with E-state index in [-0.39, 0.29) is 30.7 Å². The van der Waals surface area contributed by atoms with Crippen molar-refractivity contribution in [3.8, 4) is 11.1 Å². The average Bonchev–Trinajstić information content (AvgIpc) is 3.38. The Balaban J connectivity index is 1.31. The summed E-state index contributed by atoms with van der Waals surface area (Å²) in [6.45, 7) is 0.598. The van der Waals surface area contributed by atoms with Crippen LogP contribution in [0.2, 0.25) is 0 Å². The fourth-order valence-corrected chi connectivity index (χ4v) is 4.72. The van der Waals surface area contributed by atoms with Crippen LogP contribution in [0.25, 0.3) is 11.1 Å². The molecule has 0 atom stereocenters. The van der Waals surface area contributed by atoms with E-state index in [1.807, 2.05) is 24.3 Å². The van der Waals surface area contributed by atoms with Gasteiger partial charge in [0.2, 0.25) is 0 Å². The maximum Gasteiger partial charge on any atom is 0.407 e. The van der Waals surface area contributed by atoms with Gasteiger partial charge in [-0.15, -0.1) is 11.8 Å². The SMILES string of the molecule is Cn1ncc(C(=O)NCCSCC(=O)O)c1CNC(=O)OCC1c2ccccc2-c2ccccc21. The van der Waals surface area contributed by atoms with Crippen LogP contribution in [0.5, 0.6) is 0 Å². The third kappa shape index (κ3) is 5.65. The fourth-order valence-electron chi connectivity index (χ4n) is 4.16. The molecule has 0 radical (unpaired) electrons. The summed E-state index contributed by atoms with van der Waals surface area (Å²) in [4.78, 5) is 35.6. The Labute approximate surface area is 206 Å². The molecule has 0 unspecified atom stereocenters. The number of aliphatic carboxylic acids is 1. The summed E-state index contributed by atoms with van der Waals surface area (Å²) in [7, 11) is 1.69. The number of aryl methyl sites for hydroxylation is 1. The van der Waals surface area contributed by atoms with Crippen LogP contribution in [0.1, 0.15) is 33.1 Å². The van der Waals surface area contributed by atoms with E-state index in [4.69, 9.17) is 9.84 Å². The highest BCUT2D eigenvalue weighted by molar-refractivity contribution is 7.99. The number of rotatable bonds is 10. The van der Waals surface area contributed by atoms with Crippen LogP contribution in [0, 0.1) is 0 Å². The molecule has 1 heterocycles. The molecule has 1 aliphatic rings. The van der Waals surface area contributed by atoms with Gasteiger partial charge in [0.25, 0.3) is 5.91 Å². The Hall–Kier alpha value is -3.79. The zero-order chi connectivity index (χ0) is 24.8. The first-order valence-electron chi connectivity index (χ1n) is 11.1. The molecule has 1 aromatic heterocycles. The second kappa shape index (κ2) is 11.1. The summed E-state index contributed by atoms with van der Waals surface area (Å²) < 4.78 is 7.08. The molecule has 0 bridgehead atoms. The van der Waals surface area contributed by atoms with E-state index in [0.29, 0.717) is 23.6 Å². The molecule has 0 fully saturated rings. The van der Waals surface area contributed by atoms with Crippen molar-refractivity contribution in [2.75, 3.05) is 24.7 Å². The molecule has 182 valence electrons. The number of ether oxygens (including phenoxy) is 1. The van der Waals surface area contributed by atoms with E-state index in [1.54, 1.807) is 7.05 Å². The topological polar surface area (TPSA) is 123 Å². The van der Waals surface area contributed by atoms with Crippen LogP contribution >= 0.6 is 11.8 Å². The molecule has 0 aliphatic heterocycles. The molecule has 4 rings (SSSR count). The van der Waals surface area contributed by atoms with Crippen molar-refractivity contribution in [3.63, 3.8) is 0 Å². The van der Waals surface area contributed by atoms with Crippen molar-refractivity contribution in [2.45, 2.75) is 12.5 Å². The summed E-state index contributed by atoms with van der Waals surface area (Å²) in [6.07, 6.45) is 0.860. The number of carboxylic acid groups (broad SMARTS) is 1. The van der Waals surface area contributed by atoms with Crippen molar-refractivity contribution >= 4 is 29.7 Å². The molecule has 3 N–H and O–H groups in total. The van der Waals surface area contributed by atoms with Gasteiger partial charge in [0.05, 0.1) is 29.8 Å². The lowest BCUT2D eigenvalue weighted by Gasteiger charge is -2.15. The molecule has 10 heteroatoms. The van der Waals surface area contributed by atoms with Gasteiger partial charge in [-0.1, -0.05) is 48.5 Å². The van der Waals surface area contributed by atoms with Gasteiger partial charge in [-0.3, -0.25) is 14.3 Å². The van der Waals surface area contributed by atoms with Gasteiger partial charge in [0, 0.05) is 25.3 Å². The zero-order valence-corrected chi connectivity index (χ0v) is 20.0. The summed E-state index contributed by atoms with van der Waals surface area (Å²) in [6, 6.07) is 16.2. The molecule has 0 saturated heterocycles. The van der Waals surface area contributed by atoms with Gasteiger partial charge in [-0.05, 0) is 22.3 Å². The van der Waals surface area contributed by atoms with Gasteiger partial charge in [0.15, 0.2) is 0 Å². The lowest BCUT2D eigenvalue weighted by molar-refractivity contribution is -0.133. The number of thioether (sulfide) groups is 1. The van der Waals surface area contributed by atoms with Crippen LogP contribution in [0.3, 0.4) is 0 Å². The first-order chi connectivity index (χ1) is 17.0. The Bertz CT molecular complexity index is 1200. The van der Waals surface area contributed by atoms with Crippen LogP contribution in [0.15, 0.2) is 54.7 Å². The summed E-state index contributed by atoms with van der Waals surface area (Å²) in [5, 5.41) is 18.2. The number of aromatic nitrogens is 2. The molecule has 1 aliphatic carbocycles. The lowest BCUT2D eigenvalue weighted by Crippen LogP contribution is -2.30. The Kier molecular flexibility index (Phi) is 7.71. The van der Waals surface area contributed by atoms with Crippen molar-refractivity contribution < 1.29 is 24.2 Å². The Morgan fingerprint density at radius 2 is 1.71 bits per heavy atom. The highest BCUT2D eigenvalue weighted by Gasteiger charge is 2.29. The molecule has 3 aromatic rings. The lowest BCUT2D eigenvalue weighted by atomic mass is 9.98. The molecule has 2 amide bonds. The van der Waals surface area contributed by atoms with Gasteiger partial charge < -0.3 is 20.5 Å². The minimum Gasteiger partial charge on any atom is -0.481 e. The van der Waals surface area contributed by atoms with E-state index in [1.165, 1.54) is 22.6 Å². The van der Waals surface area contributed by atoms with Crippen LogP contribution in [-0.2, 0) is 23.1 Å². The number of carbonyl (C=O) groups excluding carboxylic acids is 2. The molecular formula is C25H26N4O5S. The normalized spacial score (nSPS) is 12.0. The van der Waals surface area contributed by atoms with E-state index < -0.39 is 12.1 Å². The smallest absolute Gasteiger partial charge is 0.407 e. The number of carboxylic acids is 1. The van der Waals surface area contributed by atoms with Gasteiger partial charge >= 0.3 is 12.1 Å². The molecule has 0 spiro atoms. The monoisotopic (exact) mass is 494 g/mol. The summed E-state index contributed by atoms with van der Waals surface area (Å²) in [5.74, 6) is -0.803. The predicted molar refractivity (Wildman–Crippen MR) is 132 cm³/mol. The number of nitrogens with one attached hydrogen (secondary N) is 2. The third-order valence-corrected chi connectivity index (χ3v) is 6.75. The highest BCUT2D eigenvalue weighted by Crippen LogP contribution is 2.44. The minimum atomic E-state index is -0.893. The number of nitrogens with zero attached hydrogens (tertiary/aromatic N) is 2. The number of alkyl carbamates (subject to hydrolysis) is 1. The quantitative estimate of drug-likeness (QED) is 0.370. The molecule has 0 saturated carbocycles. The average molecular weight is 495 g/mol. The van der Waals surface area contributed by atoms with Crippen LogP contribution in [0.4, 0.5) is 4.79 Å². The number of fused-ring (bicyclic) bond motifs is 3. The minimum absolute atomic E-state index is 0.0158. The zero-order valence-electron chi connectivity index (χ0n) is 19.2. The van der Waals surface area contributed by atoms with E-state index in [0.717, 1.165) is 22.3 Å². The second-order valence-electron chi connectivity index (χ2n) is 8.01. The summed E-state index contributed by atoms with van der Waals surface area (Å²) >= 11 is 1.22. The predicted octanol–water partition coefficient (Wildman–Crippen LogP) is 3.01. The van der Waals surface area contributed by atoms with Gasteiger partial charge in [-0.25, -0.2) is 4.79 Å². The van der Waals surface area contributed by atoms with Gasteiger partial charge in [0.1, 0.15) is 6.61 Å². The number of amides is 2. The van der Waals surface area contributed by atoms with Crippen LogP contribution < -0.4 is 10.6 Å².